The zero-order valence-corrected chi connectivity index (χ0v) is 14.0. The molecule has 0 unspecified atom stereocenters. The number of hydrogen-bond donors (Lipinski definition) is 1. The lowest BCUT2D eigenvalue weighted by Crippen LogP contribution is -2.52. The Hall–Kier alpha value is -0.450. The maximum Gasteiger partial charge on any atom is 0.123 e. The van der Waals surface area contributed by atoms with Crippen molar-refractivity contribution in [3.8, 4) is 0 Å². The van der Waals surface area contributed by atoms with Crippen LogP contribution in [0.25, 0.3) is 0 Å². The van der Waals surface area contributed by atoms with E-state index in [1.165, 1.54) is 38.2 Å². The van der Waals surface area contributed by atoms with Gasteiger partial charge in [-0.15, -0.1) is 0 Å². The van der Waals surface area contributed by atoms with Gasteiger partial charge < -0.3 is 10.2 Å². The molecule has 0 bridgehead atoms. The predicted molar refractivity (Wildman–Crippen MR) is 85.3 cm³/mol. The summed E-state index contributed by atoms with van der Waals surface area (Å²) in [6.45, 7) is 1.66. The monoisotopic (exact) mass is 342 g/mol. The second-order valence-electron chi connectivity index (χ2n) is 6.02. The van der Waals surface area contributed by atoms with Gasteiger partial charge in [0, 0.05) is 23.1 Å². The van der Waals surface area contributed by atoms with E-state index in [2.05, 4.69) is 40.2 Å². The summed E-state index contributed by atoms with van der Waals surface area (Å²) in [6.07, 6.45) is 6.46. The summed E-state index contributed by atoms with van der Waals surface area (Å²) in [4.78, 5) is 2.36. The standard InChI is InChI=1S/C16H24BrFN2/c1-20(2)16(8-4-3-5-9-16)12-19-11-13-10-14(18)6-7-15(13)17/h6-7,10,19H,3-5,8-9,11-12H2,1-2H3. The second kappa shape index (κ2) is 7.01. The van der Waals surface area contributed by atoms with Gasteiger partial charge >= 0.3 is 0 Å². The lowest BCUT2D eigenvalue weighted by Gasteiger charge is -2.43. The van der Waals surface area contributed by atoms with Crippen LogP contribution in [0.4, 0.5) is 4.39 Å². The van der Waals surface area contributed by atoms with Crippen molar-refractivity contribution in [3.05, 3.63) is 34.1 Å². The summed E-state index contributed by atoms with van der Waals surface area (Å²) in [5.74, 6) is -0.176. The molecule has 4 heteroatoms. The highest BCUT2D eigenvalue weighted by Crippen LogP contribution is 2.31. The van der Waals surface area contributed by atoms with Crippen LogP contribution in [0.3, 0.4) is 0 Å². The Kier molecular flexibility index (Phi) is 5.58. The van der Waals surface area contributed by atoms with Crippen LogP contribution in [-0.4, -0.2) is 31.1 Å². The van der Waals surface area contributed by atoms with Crippen LogP contribution in [0.2, 0.25) is 0 Å². The highest BCUT2D eigenvalue weighted by atomic mass is 79.9. The molecule has 112 valence electrons. The van der Waals surface area contributed by atoms with Crippen molar-refractivity contribution >= 4 is 15.9 Å². The van der Waals surface area contributed by atoms with E-state index >= 15 is 0 Å². The Morgan fingerprint density at radius 2 is 1.95 bits per heavy atom. The Labute approximate surface area is 129 Å². The Balaban J connectivity index is 1.95. The number of nitrogens with one attached hydrogen (secondary N) is 1. The van der Waals surface area contributed by atoms with Crippen molar-refractivity contribution in [2.45, 2.75) is 44.2 Å². The van der Waals surface area contributed by atoms with E-state index in [1.54, 1.807) is 12.1 Å². The molecule has 0 aromatic heterocycles. The molecule has 2 nitrogen and oxygen atoms in total. The zero-order valence-electron chi connectivity index (χ0n) is 12.4. The summed E-state index contributed by atoms with van der Waals surface area (Å²) >= 11 is 3.48. The van der Waals surface area contributed by atoms with Crippen LogP contribution in [0.15, 0.2) is 22.7 Å². The molecule has 1 aliphatic rings. The van der Waals surface area contributed by atoms with E-state index in [1.807, 2.05) is 0 Å². The molecule has 2 rings (SSSR count). The average molecular weight is 343 g/mol. The van der Waals surface area contributed by atoms with Crippen molar-refractivity contribution in [3.63, 3.8) is 0 Å². The maximum atomic E-state index is 13.3. The van der Waals surface area contributed by atoms with Crippen molar-refractivity contribution in [1.29, 1.82) is 0 Å². The summed E-state index contributed by atoms with van der Waals surface area (Å²) < 4.78 is 14.2. The fourth-order valence-electron chi connectivity index (χ4n) is 3.10. The molecule has 0 aliphatic heterocycles. The molecular formula is C16H24BrFN2. The van der Waals surface area contributed by atoms with E-state index in [0.29, 0.717) is 6.54 Å². The third-order valence-electron chi connectivity index (χ3n) is 4.51. The highest BCUT2D eigenvalue weighted by Gasteiger charge is 2.33. The number of hydrogen-bond acceptors (Lipinski definition) is 2. The molecule has 1 aliphatic carbocycles. The minimum Gasteiger partial charge on any atom is -0.311 e. The van der Waals surface area contributed by atoms with Crippen LogP contribution in [0.5, 0.6) is 0 Å². The maximum absolute atomic E-state index is 13.3. The van der Waals surface area contributed by atoms with Gasteiger partial charge in [0.2, 0.25) is 0 Å². The van der Waals surface area contributed by atoms with Gasteiger partial charge in [-0.1, -0.05) is 35.2 Å². The lowest BCUT2D eigenvalue weighted by molar-refractivity contribution is 0.0983. The molecule has 1 N–H and O–H groups in total. The first-order valence-corrected chi connectivity index (χ1v) is 8.15. The molecule has 1 aromatic rings. The van der Waals surface area contributed by atoms with Gasteiger partial charge in [-0.05, 0) is 50.7 Å². The minimum atomic E-state index is -0.176. The first-order valence-electron chi connectivity index (χ1n) is 7.36. The molecule has 0 radical (unpaired) electrons. The Morgan fingerprint density at radius 3 is 2.60 bits per heavy atom. The van der Waals surface area contributed by atoms with E-state index in [9.17, 15) is 4.39 Å². The Morgan fingerprint density at radius 1 is 1.25 bits per heavy atom. The molecule has 0 heterocycles. The second-order valence-corrected chi connectivity index (χ2v) is 6.87. The van der Waals surface area contributed by atoms with E-state index in [0.717, 1.165) is 16.6 Å². The molecule has 0 spiro atoms. The topological polar surface area (TPSA) is 15.3 Å². The molecule has 0 atom stereocenters. The first-order chi connectivity index (χ1) is 9.53. The number of nitrogens with zero attached hydrogens (tertiary/aromatic N) is 1. The number of likely N-dealkylation sites (N-methyl/N-ethyl adjacent to an activating group) is 1. The third-order valence-corrected chi connectivity index (χ3v) is 5.28. The molecule has 20 heavy (non-hydrogen) atoms. The van der Waals surface area contributed by atoms with Crippen molar-refractivity contribution in [2.24, 2.45) is 0 Å². The lowest BCUT2D eigenvalue weighted by atomic mass is 9.80. The molecule has 1 saturated carbocycles. The molecular weight excluding hydrogens is 319 g/mol. The minimum absolute atomic E-state index is 0.176. The zero-order chi connectivity index (χ0) is 14.6. The largest absolute Gasteiger partial charge is 0.311 e. The summed E-state index contributed by atoms with van der Waals surface area (Å²) in [6, 6.07) is 4.85. The molecule has 1 fully saturated rings. The molecule has 1 aromatic carbocycles. The smallest absolute Gasteiger partial charge is 0.123 e. The quantitative estimate of drug-likeness (QED) is 0.871. The fraction of sp³-hybridized carbons (Fsp3) is 0.625. The van der Waals surface area contributed by atoms with Crippen molar-refractivity contribution in [1.82, 2.24) is 10.2 Å². The number of benzene rings is 1. The summed E-state index contributed by atoms with van der Waals surface area (Å²) in [5.41, 5.74) is 1.24. The van der Waals surface area contributed by atoms with Gasteiger partial charge in [-0.2, -0.15) is 0 Å². The van der Waals surface area contributed by atoms with E-state index < -0.39 is 0 Å². The first kappa shape index (κ1) is 15.9. The van der Waals surface area contributed by atoms with Crippen LogP contribution in [0.1, 0.15) is 37.7 Å². The third kappa shape index (κ3) is 3.80. The van der Waals surface area contributed by atoms with E-state index in [-0.39, 0.29) is 11.4 Å². The normalized spacial score (nSPS) is 18.4. The van der Waals surface area contributed by atoms with Crippen molar-refractivity contribution in [2.75, 3.05) is 20.6 Å². The number of rotatable bonds is 5. The van der Waals surface area contributed by atoms with Gasteiger partial charge in [0.15, 0.2) is 0 Å². The van der Waals surface area contributed by atoms with Crippen LogP contribution in [-0.2, 0) is 6.54 Å². The SMILES string of the molecule is CN(C)C1(CNCc2cc(F)ccc2Br)CCCCC1. The van der Waals surface area contributed by atoms with Gasteiger partial charge in [0.1, 0.15) is 5.82 Å². The van der Waals surface area contributed by atoms with Crippen molar-refractivity contribution < 1.29 is 4.39 Å². The fourth-order valence-corrected chi connectivity index (χ4v) is 3.49. The predicted octanol–water partition coefficient (Wildman–Crippen LogP) is 3.94. The van der Waals surface area contributed by atoms with Gasteiger partial charge in [0.05, 0.1) is 0 Å². The average Bonchev–Trinajstić information content (AvgIpc) is 2.43. The van der Waals surface area contributed by atoms with Gasteiger partial charge in [-0.25, -0.2) is 4.39 Å². The summed E-state index contributed by atoms with van der Waals surface area (Å²) in [5, 5.41) is 3.52. The summed E-state index contributed by atoms with van der Waals surface area (Å²) in [7, 11) is 4.34. The highest BCUT2D eigenvalue weighted by molar-refractivity contribution is 9.10. The number of halogens is 2. The molecule has 0 amide bonds. The van der Waals surface area contributed by atoms with Gasteiger partial charge in [-0.3, -0.25) is 0 Å². The van der Waals surface area contributed by atoms with Gasteiger partial charge in [0.25, 0.3) is 0 Å². The van der Waals surface area contributed by atoms with Crippen LogP contribution < -0.4 is 5.32 Å². The Bertz CT molecular complexity index is 442. The molecule has 0 saturated heterocycles. The van der Waals surface area contributed by atoms with Crippen LogP contribution >= 0.6 is 15.9 Å². The van der Waals surface area contributed by atoms with Crippen LogP contribution in [0, 0.1) is 5.82 Å². The van der Waals surface area contributed by atoms with E-state index in [4.69, 9.17) is 0 Å².